The van der Waals surface area contributed by atoms with Gasteiger partial charge in [0.25, 0.3) is 5.91 Å². The molecule has 3 rings (SSSR count). The first-order chi connectivity index (χ1) is 11.6. The monoisotopic (exact) mass is 361 g/mol. The molecule has 1 amide bonds. The first kappa shape index (κ1) is 17.0. The average molecular weight is 361 g/mol. The van der Waals surface area contributed by atoms with Crippen molar-refractivity contribution in [2.75, 3.05) is 6.54 Å². The summed E-state index contributed by atoms with van der Waals surface area (Å²) >= 11 is 3.36. The molecule has 1 aliphatic heterocycles. The Hall–Kier alpha value is -1.79. The molecule has 126 valence electrons. The second-order valence-electron chi connectivity index (χ2n) is 5.76. The summed E-state index contributed by atoms with van der Waals surface area (Å²) in [4.78, 5) is 27.9. The molecule has 1 atom stereocenters. The maximum Gasteiger partial charge on any atom is 0.305 e. The third-order valence-electron chi connectivity index (χ3n) is 4.12. The minimum atomic E-state index is -0.847. The van der Waals surface area contributed by atoms with E-state index in [1.54, 1.807) is 28.0 Å². The number of carboxylic acid groups (broad SMARTS) is 1. The number of benzene rings is 1. The zero-order valence-corrected chi connectivity index (χ0v) is 14.8. The summed E-state index contributed by atoms with van der Waals surface area (Å²) in [6.07, 6.45) is 1.66. The van der Waals surface area contributed by atoms with Crippen LogP contribution in [-0.2, 0) is 10.5 Å². The topological polar surface area (TPSA) is 57.6 Å². The summed E-state index contributed by atoms with van der Waals surface area (Å²) in [7, 11) is 0. The number of hydrogen-bond donors (Lipinski definition) is 1. The van der Waals surface area contributed by atoms with Crippen molar-refractivity contribution in [2.24, 2.45) is 0 Å². The lowest BCUT2D eigenvalue weighted by atomic mass is 10.1. The molecule has 0 aliphatic carbocycles. The van der Waals surface area contributed by atoms with Crippen LogP contribution in [0.4, 0.5) is 0 Å². The van der Waals surface area contributed by atoms with Gasteiger partial charge in [0.15, 0.2) is 0 Å². The Kier molecular flexibility index (Phi) is 5.58. The Bertz CT molecular complexity index is 715. The number of carbonyl (C=O) groups excluding carboxylic acids is 1. The van der Waals surface area contributed by atoms with E-state index < -0.39 is 5.97 Å². The quantitative estimate of drug-likeness (QED) is 0.786. The van der Waals surface area contributed by atoms with Gasteiger partial charge in [0.1, 0.15) is 0 Å². The van der Waals surface area contributed by atoms with Crippen molar-refractivity contribution in [1.29, 1.82) is 0 Å². The number of carboxylic acids is 1. The Morgan fingerprint density at radius 2 is 2.08 bits per heavy atom. The van der Waals surface area contributed by atoms with Gasteiger partial charge >= 0.3 is 5.97 Å². The van der Waals surface area contributed by atoms with E-state index in [-0.39, 0.29) is 18.4 Å². The largest absolute Gasteiger partial charge is 0.481 e. The molecule has 0 bridgehead atoms. The number of aliphatic carboxylic acids is 1. The fourth-order valence-electron chi connectivity index (χ4n) is 2.98. The van der Waals surface area contributed by atoms with E-state index in [0.717, 1.165) is 23.5 Å². The molecule has 1 aromatic carbocycles. The minimum Gasteiger partial charge on any atom is -0.481 e. The average Bonchev–Trinajstić information content (AvgIpc) is 3.23. The second kappa shape index (κ2) is 7.85. The number of rotatable bonds is 6. The van der Waals surface area contributed by atoms with Gasteiger partial charge in [0, 0.05) is 28.1 Å². The summed E-state index contributed by atoms with van der Waals surface area (Å²) in [5.41, 5.74) is 0.677. The van der Waals surface area contributed by atoms with E-state index in [9.17, 15) is 9.59 Å². The van der Waals surface area contributed by atoms with Gasteiger partial charge in [-0.2, -0.15) is 0 Å². The molecule has 0 radical (unpaired) electrons. The molecule has 0 spiro atoms. The van der Waals surface area contributed by atoms with Crippen molar-refractivity contribution in [1.82, 2.24) is 4.90 Å². The van der Waals surface area contributed by atoms with E-state index in [1.807, 2.05) is 35.7 Å². The van der Waals surface area contributed by atoms with E-state index in [4.69, 9.17) is 5.11 Å². The van der Waals surface area contributed by atoms with Crippen molar-refractivity contribution in [3.8, 4) is 0 Å². The standard InChI is InChI=1S/C18H19NO3S2/c20-17(21)11-13-5-3-9-19(13)18(22)15-7-1-2-8-16(15)24-12-14-6-4-10-23-14/h1-2,4,6-8,10,13H,3,5,9,11-12H2,(H,20,21). The van der Waals surface area contributed by atoms with Crippen LogP contribution in [0.15, 0.2) is 46.7 Å². The van der Waals surface area contributed by atoms with Crippen LogP contribution in [0.3, 0.4) is 0 Å². The Labute approximate surface area is 149 Å². The zero-order valence-electron chi connectivity index (χ0n) is 13.2. The number of carbonyl (C=O) groups is 2. The Morgan fingerprint density at radius 1 is 1.25 bits per heavy atom. The Morgan fingerprint density at radius 3 is 2.83 bits per heavy atom. The summed E-state index contributed by atoms with van der Waals surface area (Å²) in [5.74, 6) is -0.0614. The first-order valence-corrected chi connectivity index (χ1v) is 9.78. The lowest BCUT2D eigenvalue weighted by Crippen LogP contribution is -2.37. The molecule has 2 heterocycles. The number of likely N-dealkylation sites (tertiary alicyclic amines) is 1. The molecular weight excluding hydrogens is 342 g/mol. The van der Waals surface area contributed by atoms with E-state index in [1.165, 1.54) is 4.88 Å². The molecule has 1 aromatic heterocycles. The van der Waals surface area contributed by atoms with Crippen molar-refractivity contribution >= 4 is 35.0 Å². The van der Waals surface area contributed by atoms with Gasteiger partial charge < -0.3 is 10.0 Å². The van der Waals surface area contributed by atoms with Crippen molar-refractivity contribution in [3.05, 3.63) is 52.2 Å². The highest BCUT2D eigenvalue weighted by Crippen LogP contribution is 2.30. The van der Waals surface area contributed by atoms with Crippen LogP contribution in [0.2, 0.25) is 0 Å². The fraction of sp³-hybridized carbons (Fsp3) is 0.333. The molecule has 1 unspecified atom stereocenters. The lowest BCUT2D eigenvalue weighted by molar-refractivity contribution is -0.137. The molecular formula is C18H19NO3S2. The maximum atomic E-state index is 12.9. The fourth-order valence-corrected chi connectivity index (χ4v) is 4.80. The predicted molar refractivity (Wildman–Crippen MR) is 96.6 cm³/mol. The summed E-state index contributed by atoms with van der Waals surface area (Å²) in [6.45, 7) is 0.640. The van der Waals surface area contributed by atoms with Crippen molar-refractivity contribution < 1.29 is 14.7 Å². The summed E-state index contributed by atoms with van der Waals surface area (Å²) < 4.78 is 0. The van der Waals surface area contributed by atoms with Gasteiger partial charge in [-0.25, -0.2) is 0 Å². The highest BCUT2D eigenvalue weighted by Gasteiger charge is 2.31. The highest BCUT2D eigenvalue weighted by atomic mass is 32.2. The van der Waals surface area contributed by atoms with Gasteiger partial charge in [-0.05, 0) is 36.4 Å². The third-order valence-corrected chi connectivity index (χ3v) is 6.30. The smallest absolute Gasteiger partial charge is 0.305 e. The van der Waals surface area contributed by atoms with Crippen LogP contribution in [0, 0.1) is 0 Å². The van der Waals surface area contributed by atoms with Gasteiger partial charge in [-0.3, -0.25) is 9.59 Å². The van der Waals surface area contributed by atoms with E-state index in [2.05, 4.69) is 6.07 Å². The molecule has 1 fully saturated rings. The SMILES string of the molecule is O=C(O)CC1CCCN1C(=O)c1ccccc1SCc1cccs1. The van der Waals surface area contributed by atoms with E-state index in [0.29, 0.717) is 12.1 Å². The van der Waals surface area contributed by atoms with E-state index >= 15 is 0 Å². The molecule has 1 saturated heterocycles. The normalized spacial score (nSPS) is 17.2. The van der Waals surface area contributed by atoms with Crippen LogP contribution in [-0.4, -0.2) is 34.5 Å². The number of amides is 1. The number of hydrogen-bond acceptors (Lipinski definition) is 4. The molecule has 4 nitrogen and oxygen atoms in total. The Balaban J connectivity index is 1.75. The van der Waals surface area contributed by atoms with Crippen LogP contribution >= 0.6 is 23.1 Å². The second-order valence-corrected chi connectivity index (χ2v) is 7.81. The van der Waals surface area contributed by atoms with Crippen molar-refractivity contribution in [3.63, 3.8) is 0 Å². The number of nitrogens with zero attached hydrogens (tertiary/aromatic N) is 1. The maximum absolute atomic E-state index is 12.9. The predicted octanol–water partition coefficient (Wildman–Crippen LogP) is 4.12. The molecule has 1 N–H and O–H groups in total. The summed E-state index contributed by atoms with van der Waals surface area (Å²) in [5, 5.41) is 11.1. The van der Waals surface area contributed by atoms with Crippen molar-refractivity contribution in [2.45, 2.75) is 36.0 Å². The lowest BCUT2D eigenvalue weighted by Gasteiger charge is -2.24. The van der Waals surface area contributed by atoms with Crippen LogP contribution in [0.1, 0.15) is 34.5 Å². The van der Waals surface area contributed by atoms with Gasteiger partial charge in [-0.1, -0.05) is 18.2 Å². The molecule has 1 aliphatic rings. The third kappa shape index (κ3) is 3.99. The van der Waals surface area contributed by atoms with Crippen LogP contribution in [0.25, 0.3) is 0 Å². The zero-order chi connectivity index (χ0) is 16.9. The first-order valence-electron chi connectivity index (χ1n) is 7.92. The molecule has 0 saturated carbocycles. The van der Waals surface area contributed by atoms with Crippen LogP contribution < -0.4 is 0 Å². The summed E-state index contributed by atoms with van der Waals surface area (Å²) in [6, 6.07) is 11.5. The van der Waals surface area contributed by atoms with Gasteiger partial charge in [0.2, 0.25) is 0 Å². The minimum absolute atomic E-state index is 0.0241. The molecule has 2 aromatic rings. The molecule has 24 heavy (non-hydrogen) atoms. The van der Waals surface area contributed by atoms with Gasteiger partial charge in [0.05, 0.1) is 12.0 Å². The van der Waals surface area contributed by atoms with Crippen LogP contribution in [0.5, 0.6) is 0 Å². The number of thiophene rings is 1. The van der Waals surface area contributed by atoms with Gasteiger partial charge in [-0.15, -0.1) is 23.1 Å². The number of thioether (sulfide) groups is 1. The highest BCUT2D eigenvalue weighted by molar-refractivity contribution is 7.98. The molecule has 6 heteroatoms.